The maximum atomic E-state index is 9.65. The third-order valence-electron chi connectivity index (χ3n) is 2.16. The van der Waals surface area contributed by atoms with Gasteiger partial charge in [0.1, 0.15) is 18.5 Å². The molecule has 0 aliphatic heterocycles. The Labute approximate surface area is 111 Å². The Hall–Kier alpha value is -0.840. The Bertz CT molecular complexity index is 351. The van der Waals surface area contributed by atoms with Crippen molar-refractivity contribution in [1.82, 2.24) is 5.32 Å². The largest absolute Gasteiger partial charge is 0.491 e. The van der Waals surface area contributed by atoms with Crippen molar-refractivity contribution in [1.29, 1.82) is 0 Å². The fraction of sp³-hybridized carbons (Fsp3) is 0.385. The Morgan fingerprint density at radius 1 is 1.47 bits per heavy atom. The van der Waals surface area contributed by atoms with Crippen molar-refractivity contribution >= 4 is 15.9 Å². The van der Waals surface area contributed by atoms with Crippen LogP contribution in [0.2, 0.25) is 0 Å². The van der Waals surface area contributed by atoms with Crippen LogP contribution < -0.4 is 10.1 Å². The molecule has 0 saturated heterocycles. The molecule has 0 bridgehead atoms. The summed E-state index contributed by atoms with van der Waals surface area (Å²) in [6.45, 7) is 7.12. The molecule has 0 heterocycles. The molecule has 0 fully saturated rings. The van der Waals surface area contributed by atoms with Gasteiger partial charge in [-0.3, -0.25) is 0 Å². The fourth-order valence-corrected chi connectivity index (χ4v) is 1.46. The average Bonchev–Trinajstić information content (AvgIpc) is 2.28. The summed E-state index contributed by atoms with van der Waals surface area (Å²) in [7, 11) is 0. The number of nitrogens with one attached hydrogen (secondary N) is 1. The number of aryl methyl sites for hydroxylation is 1. The van der Waals surface area contributed by atoms with Gasteiger partial charge in [-0.2, -0.15) is 0 Å². The Kier molecular flexibility index (Phi) is 6.26. The molecule has 1 aromatic carbocycles. The van der Waals surface area contributed by atoms with E-state index < -0.39 is 6.10 Å². The van der Waals surface area contributed by atoms with Crippen molar-refractivity contribution in [2.75, 3.05) is 19.7 Å². The monoisotopic (exact) mass is 299 g/mol. The number of aliphatic hydroxyl groups excluding tert-OH is 1. The molecule has 0 aliphatic carbocycles. The van der Waals surface area contributed by atoms with Crippen LogP contribution in [0.3, 0.4) is 0 Å². The summed E-state index contributed by atoms with van der Waals surface area (Å²) in [6, 6.07) is 7.76. The highest BCUT2D eigenvalue weighted by atomic mass is 79.9. The van der Waals surface area contributed by atoms with Crippen LogP contribution >= 0.6 is 15.9 Å². The number of hydrogen-bond acceptors (Lipinski definition) is 3. The molecule has 0 radical (unpaired) electrons. The summed E-state index contributed by atoms with van der Waals surface area (Å²) in [6.07, 6.45) is -0.525. The summed E-state index contributed by atoms with van der Waals surface area (Å²) >= 11 is 3.24. The van der Waals surface area contributed by atoms with Gasteiger partial charge in [0, 0.05) is 17.6 Å². The van der Waals surface area contributed by atoms with Crippen molar-refractivity contribution in [3.8, 4) is 5.75 Å². The van der Waals surface area contributed by atoms with Crippen LogP contribution in [0.15, 0.2) is 35.3 Å². The molecule has 17 heavy (non-hydrogen) atoms. The lowest BCUT2D eigenvalue weighted by atomic mass is 10.2. The van der Waals surface area contributed by atoms with Crippen LogP contribution in [-0.4, -0.2) is 30.9 Å². The molecule has 0 aromatic heterocycles. The SMILES string of the molecule is C=C(Br)CNCC(O)COc1ccc(C)cc1. The number of ether oxygens (including phenoxy) is 1. The van der Waals surface area contributed by atoms with Crippen molar-refractivity contribution in [3.05, 3.63) is 40.9 Å². The number of aliphatic hydroxyl groups is 1. The Morgan fingerprint density at radius 2 is 2.12 bits per heavy atom. The molecular formula is C13H18BrNO2. The molecule has 1 rings (SSSR count). The quantitative estimate of drug-likeness (QED) is 0.811. The van der Waals surface area contributed by atoms with Gasteiger partial charge in [0.15, 0.2) is 0 Å². The van der Waals surface area contributed by atoms with Crippen molar-refractivity contribution in [3.63, 3.8) is 0 Å². The molecule has 0 spiro atoms. The fourth-order valence-electron chi connectivity index (χ4n) is 1.26. The van der Waals surface area contributed by atoms with Crippen molar-refractivity contribution < 1.29 is 9.84 Å². The predicted molar refractivity (Wildman–Crippen MR) is 73.6 cm³/mol. The zero-order valence-electron chi connectivity index (χ0n) is 9.95. The van der Waals surface area contributed by atoms with Crippen LogP contribution in [0, 0.1) is 6.92 Å². The molecule has 4 heteroatoms. The number of rotatable bonds is 7. The molecule has 0 aliphatic rings. The van der Waals surface area contributed by atoms with Gasteiger partial charge in [0.2, 0.25) is 0 Å². The van der Waals surface area contributed by atoms with Gasteiger partial charge in [-0.25, -0.2) is 0 Å². The molecule has 0 saturated carbocycles. The summed E-state index contributed by atoms with van der Waals surface area (Å²) < 4.78 is 6.32. The summed E-state index contributed by atoms with van der Waals surface area (Å²) in [5, 5.41) is 12.7. The van der Waals surface area contributed by atoms with E-state index in [2.05, 4.69) is 27.8 Å². The maximum absolute atomic E-state index is 9.65. The zero-order chi connectivity index (χ0) is 12.7. The molecule has 1 aromatic rings. The molecule has 3 nitrogen and oxygen atoms in total. The van der Waals surface area contributed by atoms with E-state index in [1.165, 1.54) is 5.56 Å². The van der Waals surface area contributed by atoms with Crippen LogP contribution in [0.5, 0.6) is 5.75 Å². The number of hydrogen-bond donors (Lipinski definition) is 2. The topological polar surface area (TPSA) is 41.5 Å². The predicted octanol–water partition coefficient (Wildman–Crippen LogP) is 2.23. The number of halogens is 1. The van der Waals surface area contributed by atoms with Gasteiger partial charge in [0.25, 0.3) is 0 Å². The minimum atomic E-state index is -0.525. The Morgan fingerprint density at radius 3 is 2.71 bits per heavy atom. The highest BCUT2D eigenvalue weighted by molar-refractivity contribution is 9.11. The molecule has 1 atom stereocenters. The second-order valence-corrected chi connectivity index (χ2v) is 5.05. The molecule has 94 valence electrons. The third kappa shape index (κ3) is 6.46. The average molecular weight is 300 g/mol. The van der Waals surface area contributed by atoms with E-state index in [9.17, 15) is 5.11 Å². The minimum Gasteiger partial charge on any atom is -0.491 e. The highest BCUT2D eigenvalue weighted by Gasteiger charge is 2.04. The van der Waals surface area contributed by atoms with Gasteiger partial charge in [-0.05, 0) is 19.1 Å². The standard InChI is InChI=1S/C13H18BrNO2/c1-10-3-5-13(6-4-10)17-9-12(16)8-15-7-11(2)14/h3-6,12,15-16H,2,7-9H2,1H3. The summed E-state index contributed by atoms with van der Waals surface area (Å²) in [5.74, 6) is 0.777. The maximum Gasteiger partial charge on any atom is 0.119 e. The van der Waals surface area contributed by atoms with Crippen molar-refractivity contribution in [2.45, 2.75) is 13.0 Å². The lowest BCUT2D eigenvalue weighted by Crippen LogP contribution is -2.32. The smallest absolute Gasteiger partial charge is 0.119 e. The van der Waals surface area contributed by atoms with E-state index in [4.69, 9.17) is 4.74 Å². The second kappa shape index (κ2) is 7.48. The van der Waals surface area contributed by atoms with E-state index in [1.54, 1.807) is 0 Å². The lowest BCUT2D eigenvalue weighted by Gasteiger charge is -2.13. The first-order chi connectivity index (χ1) is 8.08. The first kappa shape index (κ1) is 14.2. The first-order valence-electron chi connectivity index (χ1n) is 5.49. The third-order valence-corrected chi connectivity index (χ3v) is 2.44. The highest BCUT2D eigenvalue weighted by Crippen LogP contribution is 2.11. The lowest BCUT2D eigenvalue weighted by molar-refractivity contribution is 0.107. The summed E-state index contributed by atoms with van der Waals surface area (Å²) in [5.41, 5.74) is 1.19. The normalized spacial score (nSPS) is 12.2. The van der Waals surface area contributed by atoms with Crippen LogP contribution in [0.1, 0.15) is 5.56 Å². The zero-order valence-corrected chi connectivity index (χ0v) is 11.5. The molecular weight excluding hydrogens is 282 g/mol. The van der Waals surface area contributed by atoms with Crippen LogP contribution in [0.25, 0.3) is 0 Å². The van der Waals surface area contributed by atoms with E-state index in [0.29, 0.717) is 13.1 Å². The van der Waals surface area contributed by atoms with Gasteiger partial charge in [0.05, 0.1) is 0 Å². The molecule has 0 amide bonds. The van der Waals surface area contributed by atoms with Gasteiger partial charge in [-0.1, -0.05) is 40.2 Å². The van der Waals surface area contributed by atoms with Crippen molar-refractivity contribution in [2.24, 2.45) is 0 Å². The number of benzene rings is 1. The summed E-state index contributed by atoms with van der Waals surface area (Å²) in [4.78, 5) is 0. The van der Waals surface area contributed by atoms with E-state index >= 15 is 0 Å². The minimum absolute atomic E-state index is 0.283. The van der Waals surface area contributed by atoms with Gasteiger partial charge < -0.3 is 15.2 Å². The Balaban J connectivity index is 2.21. The van der Waals surface area contributed by atoms with Crippen LogP contribution in [0.4, 0.5) is 0 Å². The second-order valence-electron chi connectivity index (χ2n) is 3.93. The molecule has 1 unspecified atom stereocenters. The molecule has 2 N–H and O–H groups in total. The van der Waals surface area contributed by atoms with E-state index in [-0.39, 0.29) is 6.61 Å². The van der Waals surface area contributed by atoms with Gasteiger partial charge >= 0.3 is 0 Å². The van der Waals surface area contributed by atoms with Crippen LogP contribution in [-0.2, 0) is 0 Å². The van der Waals surface area contributed by atoms with Gasteiger partial charge in [-0.15, -0.1) is 0 Å². The van der Waals surface area contributed by atoms with E-state index in [1.807, 2.05) is 31.2 Å². The van der Waals surface area contributed by atoms with E-state index in [0.717, 1.165) is 10.2 Å². The first-order valence-corrected chi connectivity index (χ1v) is 6.29.